The maximum Gasteiger partial charge on any atom is 0.252 e. The number of piperidine rings is 1. The lowest BCUT2D eigenvalue weighted by Crippen LogP contribution is -2.29. The van der Waals surface area contributed by atoms with E-state index in [1.807, 2.05) is 0 Å². The lowest BCUT2D eigenvalue weighted by Gasteiger charge is -2.27. The molecule has 0 bridgehead atoms. The fourth-order valence-electron chi connectivity index (χ4n) is 5.37. The summed E-state index contributed by atoms with van der Waals surface area (Å²) in [5.74, 6) is 0.220. The molecule has 2 aromatic rings. The predicted molar refractivity (Wildman–Crippen MR) is 128 cm³/mol. The van der Waals surface area contributed by atoms with Gasteiger partial charge in [-0.15, -0.1) is 0 Å². The zero-order valence-electron chi connectivity index (χ0n) is 19.2. The van der Waals surface area contributed by atoms with E-state index in [9.17, 15) is 9.18 Å². The predicted octanol–water partition coefficient (Wildman–Crippen LogP) is 6.04. The van der Waals surface area contributed by atoms with Crippen molar-refractivity contribution in [1.82, 2.24) is 10.2 Å². The van der Waals surface area contributed by atoms with Gasteiger partial charge in [-0.2, -0.15) is 0 Å². The Balaban J connectivity index is 1.49. The summed E-state index contributed by atoms with van der Waals surface area (Å²) in [5, 5.41) is 3.17. The second kappa shape index (κ2) is 8.82. The van der Waals surface area contributed by atoms with Crippen molar-refractivity contribution in [1.29, 1.82) is 0 Å². The van der Waals surface area contributed by atoms with Crippen LogP contribution in [0.2, 0.25) is 0 Å². The Labute approximate surface area is 190 Å². The largest absolute Gasteiger partial charge is 0.349 e. The highest BCUT2D eigenvalue weighted by Crippen LogP contribution is 2.41. The zero-order chi connectivity index (χ0) is 22.2. The second-order valence-corrected chi connectivity index (χ2v) is 10.00. The third kappa shape index (κ3) is 4.52. The number of nitrogens with one attached hydrogen (secondary N) is 1. The number of halogens is 1. The summed E-state index contributed by atoms with van der Waals surface area (Å²) in [7, 11) is 0. The molecular weight excluding hydrogens is 399 g/mol. The fraction of sp³-hybridized carbons (Fsp3) is 0.464. The third-order valence-electron chi connectivity index (χ3n) is 7.18. The molecule has 1 saturated heterocycles. The summed E-state index contributed by atoms with van der Waals surface area (Å²) >= 11 is 0. The van der Waals surface area contributed by atoms with Crippen molar-refractivity contribution >= 4 is 11.5 Å². The lowest BCUT2D eigenvalue weighted by molar-refractivity contribution is -0.115. The number of benzene rings is 2. The van der Waals surface area contributed by atoms with Crippen molar-refractivity contribution in [3.05, 3.63) is 64.5 Å². The lowest BCUT2D eigenvalue weighted by atomic mass is 9.78. The summed E-state index contributed by atoms with van der Waals surface area (Å²) in [6, 6.07) is 12.1. The van der Waals surface area contributed by atoms with Crippen LogP contribution in [0.3, 0.4) is 0 Å². The molecule has 1 aliphatic heterocycles. The van der Waals surface area contributed by atoms with E-state index in [0.29, 0.717) is 12.0 Å². The van der Waals surface area contributed by atoms with E-state index in [1.54, 1.807) is 12.1 Å². The van der Waals surface area contributed by atoms with Crippen LogP contribution in [-0.4, -0.2) is 29.9 Å². The first-order valence-corrected chi connectivity index (χ1v) is 12.1. The molecule has 32 heavy (non-hydrogen) atoms. The van der Waals surface area contributed by atoms with E-state index in [1.165, 1.54) is 24.8 Å². The Kier molecular flexibility index (Phi) is 5.90. The number of nitrogens with zero attached hydrogens (tertiary/aromatic N) is 1. The van der Waals surface area contributed by atoms with Gasteiger partial charge in [0, 0.05) is 18.2 Å². The van der Waals surface area contributed by atoms with Gasteiger partial charge in [0.05, 0.1) is 0 Å². The summed E-state index contributed by atoms with van der Waals surface area (Å²) in [5.41, 5.74) is 7.07. The highest BCUT2D eigenvalue weighted by Gasteiger charge is 2.30. The maximum absolute atomic E-state index is 14.6. The molecule has 3 nitrogen and oxygen atoms in total. The van der Waals surface area contributed by atoms with Crippen LogP contribution in [0, 0.1) is 5.82 Å². The number of carbonyl (C=O) groups excluding carboxylic acids is 1. The molecule has 2 aliphatic carbocycles. The van der Waals surface area contributed by atoms with Crippen molar-refractivity contribution in [2.75, 3.05) is 13.1 Å². The van der Waals surface area contributed by atoms with Gasteiger partial charge in [0.2, 0.25) is 0 Å². The molecule has 4 heteroatoms. The number of hydrogen-bond donors (Lipinski definition) is 1. The molecule has 0 aromatic heterocycles. The Hall–Kier alpha value is -2.46. The van der Waals surface area contributed by atoms with Crippen molar-refractivity contribution in [2.45, 2.75) is 70.9 Å². The molecule has 2 aromatic carbocycles. The van der Waals surface area contributed by atoms with Crippen LogP contribution < -0.4 is 5.32 Å². The minimum atomic E-state index is -0.195. The number of amides is 1. The van der Waals surface area contributed by atoms with Gasteiger partial charge in [0.15, 0.2) is 0 Å². The number of likely N-dealkylation sites (tertiary alicyclic amines) is 1. The van der Waals surface area contributed by atoms with Gasteiger partial charge >= 0.3 is 0 Å². The number of hydrogen-bond acceptors (Lipinski definition) is 2. The highest BCUT2D eigenvalue weighted by atomic mass is 19.1. The van der Waals surface area contributed by atoms with Crippen molar-refractivity contribution < 1.29 is 9.18 Å². The van der Waals surface area contributed by atoms with Crippen LogP contribution in [0.5, 0.6) is 0 Å². The van der Waals surface area contributed by atoms with Gasteiger partial charge in [-0.3, -0.25) is 9.69 Å². The van der Waals surface area contributed by atoms with Gasteiger partial charge < -0.3 is 5.32 Å². The quantitative estimate of drug-likeness (QED) is 0.625. The molecule has 2 fully saturated rings. The Morgan fingerprint density at radius 3 is 2.59 bits per heavy atom. The van der Waals surface area contributed by atoms with Crippen LogP contribution in [0.25, 0.3) is 16.7 Å². The van der Waals surface area contributed by atoms with E-state index in [2.05, 4.69) is 48.3 Å². The van der Waals surface area contributed by atoms with E-state index in [4.69, 9.17) is 0 Å². The van der Waals surface area contributed by atoms with Gasteiger partial charge in [-0.25, -0.2) is 4.39 Å². The minimum absolute atomic E-state index is 0.0420. The monoisotopic (exact) mass is 432 g/mol. The second-order valence-electron chi connectivity index (χ2n) is 10.00. The van der Waals surface area contributed by atoms with Gasteiger partial charge in [-0.05, 0) is 110 Å². The van der Waals surface area contributed by atoms with E-state index in [-0.39, 0.29) is 11.7 Å². The molecule has 1 atom stereocenters. The third-order valence-corrected chi connectivity index (χ3v) is 7.18. The average Bonchev–Trinajstić information content (AvgIpc) is 3.57. The van der Waals surface area contributed by atoms with Gasteiger partial charge in [-0.1, -0.05) is 31.1 Å². The normalized spacial score (nSPS) is 21.4. The van der Waals surface area contributed by atoms with Gasteiger partial charge in [0.25, 0.3) is 5.91 Å². The summed E-state index contributed by atoms with van der Waals surface area (Å²) in [6.45, 7) is 7.27. The zero-order valence-corrected chi connectivity index (χ0v) is 19.2. The van der Waals surface area contributed by atoms with Crippen molar-refractivity contribution in [2.24, 2.45) is 0 Å². The molecule has 1 amide bonds. The Morgan fingerprint density at radius 2 is 1.84 bits per heavy atom. The Bertz CT molecular complexity index is 1060. The molecule has 1 heterocycles. The van der Waals surface area contributed by atoms with Gasteiger partial charge in [0.1, 0.15) is 5.82 Å². The van der Waals surface area contributed by atoms with E-state index in [0.717, 1.165) is 72.3 Å². The number of carbonyl (C=O) groups is 1. The molecule has 3 aliphatic rings. The van der Waals surface area contributed by atoms with Crippen LogP contribution in [0.4, 0.5) is 4.39 Å². The SMILES string of the molecule is CC1=C(C(=O)NC2CC2)c2cc(-c3cc(F)cc(CN4CCCCC4)c3)ccc2[C@H](C)C1. The van der Waals surface area contributed by atoms with Crippen molar-refractivity contribution in [3.63, 3.8) is 0 Å². The molecular formula is C28H33FN2O. The summed E-state index contributed by atoms with van der Waals surface area (Å²) in [4.78, 5) is 15.5. The molecule has 0 spiro atoms. The van der Waals surface area contributed by atoms with Crippen LogP contribution in [0.1, 0.15) is 75.0 Å². The molecule has 5 rings (SSSR count). The Morgan fingerprint density at radius 1 is 1.06 bits per heavy atom. The average molecular weight is 433 g/mol. The first-order chi connectivity index (χ1) is 15.5. The smallest absolute Gasteiger partial charge is 0.252 e. The molecule has 0 radical (unpaired) electrons. The van der Waals surface area contributed by atoms with Crippen LogP contribution >= 0.6 is 0 Å². The number of allylic oxidation sites excluding steroid dienone is 1. The van der Waals surface area contributed by atoms with E-state index < -0.39 is 0 Å². The van der Waals surface area contributed by atoms with E-state index >= 15 is 0 Å². The number of fused-ring (bicyclic) bond motifs is 1. The minimum Gasteiger partial charge on any atom is -0.349 e. The first-order valence-electron chi connectivity index (χ1n) is 12.1. The van der Waals surface area contributed by atoms with Crippen LogP contribution in [0.15, 0.2) is 42.0 Å². The summed E-state index contributed by atoms with van der Waals surface area (Å²) in [6.07, 6.45) is 6.79. The standard InChI is InChI=1S/C28H33FN2O/c1-18-12-19(2)27(28(32)30-24-7-8-24)26-16-21(6-9-25(18)26)22-13-20(14-23(29)15-22)17-31-10-4-3-5-11-31/h6,9,13-16,18,24H,3-5,7-8,10-12,17H2,1-2H3,(H,30,32)/t18-/m1/s1. The molecule has 168 valence electrons. The van der Waals surface area contributed by atoms with Crippen LogP contribution in [-0.2, 0) is 11.3 Å². The fourth-order valence-corrected chi connectivity index (χ4v) is 5.37. The molecule has 1 saturated carbocycles. The highest BCUT2D eigenvalue weighted by molar-refractivity contribution is 6.21. The first kappa shape index (κ1) is 21.4. The summed E-state index contributed by atoms with van der Waals surface area (Å²) < 4.78 is 14.6. The number of rotatable bonds is 5. The maximum atomic E-state index is 14.6. The topological polar surface area (TPSA) is 32.3 Å². The molecule has 0 unspecified atom stereocenters. The molecule has 1 N–H and O–H groups in total. The van der Waals surface area contributed by atoms with Crippen molar-refractivity contribution in [3.8, 4) is 11.1 Å².